The van der Waals surface area contributed by atoms with E-state index in [1.54, 1.807) is 19.9 Å². The van der Waals surface area contributed by atoms with Gasteiger partial charge >= 0.3 is 0 Å². The van der Waals surface area contributed by atoms with Crippen LogP contribution in [-0.4, -0.2) is 11.6 Å². The number of rotatable bonds is 5. The summed E-state index contributed by atoms with van der Waals surface area (Å²) >= 11 is 0. The molecule has 2 aliphatic carbocycles. The lowest BCUT2D eigenvalue weighted by Gasteiger charge is -2.19. The summed E-state index contributed by atoms with van der Waals surface area (Å²) in [4.78, 5) is 12.7. The van der Waals surface area contributed by atoms with E-state index in [2.05, 4.69) is 5.32 Å². The first kappa shape index (κ1) is 19.4. The third kappa shape index (κ3) is 3.69. The summed E-state index contributed by atoms with van der Waals surface area (Å²) in [5, 5.41) is 10.9. The second kappa shape index (κ2) is 7.14. The Hall–Kier alpha value is -2.95. The number of benzene rings is 2. The van der Waals surface area contributed by atoms with Gasteiger partial charge in [-0.1, -0.05) is 18.2 Å². The number of halogens is 1. The number of fused-ring (bicyclic) bond motifs is 1. The van der Waals surface area contributed by atoms with Gasteiger partial charge in [0.2, 0.25) is 5.91 Å². The van der Waals surface area contributed by atoms with Gasteiger partial charge in [-0.3, -0.25) is 4.79 Å². The number of hydrogen-bond acceptors (Lipinski definition) is 3. The maximum atomic E-state index is 13.8. The van der Waals surface area contributed by atoms with Crippen molar-refractivity contribution in [3.63, 3.8) is 0 Å². The molecule has 0 heterocycles. The SMILES string of the molecule is CC(=N)/C(=C(/C)N)c1ccc(NC(=O)CC2c3cc(F)ccc3CC23CC3)cc1. The average molecular weight is 391 g/mol. The molecular formula is C24H26FN3O. The zero-order valence-corrected chi connectivity index (χ0v) is 16.8. The topological polar surface area (TPSA) is 79.0 Å². The minimum atomic E-state index is -0.233. The van der Waals surface area contributed by atoms with Crippen LogP contribution in [0.25, 0.3) is 5.57 Å². The van der Waals surface area contributed by atoms with Crippen molar-refractivity contribution in [3.05, 3.63) is 70.7 Å². The van der Waals surface area contributed by atoms with Crippen molar-refractivity contribution in [3.8, 4) is 0 Å². The first-order valence-corrected chi connectivity index (χ1v) is 9.99. The standard InChI is InChI=1S/C24H26FN3O/c1-14(26)23(15(2)27)16-4-7-19(8-5-16)28-22(29)12-21-20-11-18(25)6-3-17(20)13-24(21)9-10-24/h3-8,11,21,26H,9-10,12-13,27H2,1-2H3,(H,28,29)/b23-15+,26-14?. The van der Waals surface area contributed by atoms with E-state index in [1.807, 2.05) is 30.3 Å². The van der Waals surface area contributed by atoms with Crippen molar-refractivity contribution in [2.24, 2.45) is 11.1 Å². The van der Waals surface area contributed by atoms with Crippen molar-refractivity contribution in [1.29, 1.82) is 5.41 Å². The van der Waals surface area contributed by atoms with E-state index in [0.29, 0.717) is 29.1 Å². The van der Waals surface area contributed by atoms with Gasteiger partial charge in [-0.05, 0) is 85.4 Å². The first-order chi connectivity index (χ1) is 13.8. The van der Waals surface area contributed by atoms with Crippen LogP contribution in [0.1, 0.15) is 55.7 Å². The Bertz CT molecular complexity index is 1010. The minimum Gasteiger partial charge on any atom is -0.402 e. The van der Waals surface area contributed by atoms with Crippen molar-refractivity contribution in [2.45, 2.75) is 45.4 Å². The number of hydrogen-bond donors (Lipinski definition) is 3. The smallest absolute Gasteiger partial charge is 0.225 e. The highest BCUT2D eigenvalue weighted by Crippen LogP contribution is 2.64. The van der Waals surface area contributed by atoms with Gasteiger partial charge < -0.3 is 16.5 Å². The number of carbonyl (C=O) groups excluding carboxylic acids is 1. The fourth-order valence-electron chi connectivity index (χ4n) is 4.75. The quantitative estimate of drug-likeness (QED) is 0.627. The van der Waals surface area contributed by atoms with E-state index in [0.717, 1.165) is 30.4 Å². The zero-order chi connectivity index (χ0) is 20.8. The molecule has 0 aromatic heterocycles. The van der Waals surface area contributed by atoms with Gasteiger partial charge in [-0.2, -0.15) is 0 Å². The van der Waals surface area contributed by atoms with Gasteiger partial charge in [0.25, 0.3) is 0 Å². The Morgan fingerprint density at radius 3 is 2.48 bits per heavy atom. The molecule has 1 saturated carbocycles. The number of anilines is 1. The highest BCUT2D eigenvalue weighted by molar-refractivity contribution is 6.21. The molecule has 4 rings (SSSR count). The Labute approximate surface area is 170 Å². The first-order valence-electron chi connectivity index (χ1n) is 9.99. The third-order valence-electron chi connectivity index (χ3n) is 6.27. The molecule has 1 unspecified atom stereocenters. The molecule has 4 N–H and O–H groups in total. The minimum absolute atomic E-state index is 0.0554. The Morgan fingerprint density at radius 2 is 1.90 bits per heavy atom. The molecule has 1 spiro atoms. The molecular weight excluding hydrogens is 365 g/mol. The predicted octanol–water partition coefficient (Wildman–Crippen LogP) is 5.00. The van der Waals surface area contributed by atoms with E-state index >= 15 is 0 Å². The highest BCUT2D eigenvalue weighted by Gasteiger charge is 2.54. The molecule has 0 saturated heterocycles. The normalized spacial score (nSPS) is 19.5. The van der Waals surface area contributed by atoms with Crippen LogP contribution >= 0.6 is 0 Å². The molecule has 2 aliphatic rings. The summed E-state index contributed by atoms with van der Waals surface area (Å²) in [5.41, 5.74) is 11.5. The van der Waals surface area contributed by atoms with E-state index in [1.165, 1.54) is 11.6 Å². The van der Waals surface area contributed by atoms with Gasteiger partial charge in [0.1, 0.15) is 5.82 Å². The van der Waals surface area contributed by atoms with Gasteiger partial charge in [-0.15, -0.1) is 0 Å². The van der Waals surface area contributed by atoms with Gasteiger partial charge in [0.15, 0.2) is 0 Å². The van der Waals surface area contributed by atoms with E-state index in [-0.39, 0.29) is 23.1 Å². The van der Waals surface area contributed by atoms with Crippen LogP contribution in [0.2, 0.25) is 0 Å². The van der Waals surface area contributed by atoms with E-state index in [4.69, 9.17) is 11.1 Å². The van der Waals surface area contributed by atoms with Gasteiger partial charge in [0.05, 0.1) is 0 Å². The van der Waals surface area contributed by atoms with Crippen LogP contribution in [0.5, 0.6) is 0 Å². The second-order valence-electron chi connectivity index (χ2n) is 8.45. The van der Waals surface area contributed by atoms with Crippen LogP contribution in [0.3, 0.4) is 0 Å². The van der Waals surface area contributed by atoms with Crippen LogP contribution < -0.4 is 11.1 Å². The average Bonchev–Trinajstić information content (AvgIpc) is 3.36. The molecule has 150 valence electrons. The maximum Gasteiger partial charge on any atom is 0.225 e. The third-order valence-corrected chi connectivity index (χ3v) is 6.27. The molecule has 0 aliphatic heterocycles. The molecule has 1 atom stereocenters. The van der Waals surface area contributed by atoms with Crippen LogP contribution in [0, 0.1) is 16.6 Å². The van der Waals surface area contributed by atoms with Crippen molar-refractivity contribution < 1.29 is 9.18 Å². The molecule has 1 amide bonds. The van der Waals surface area contributed by atoms with Crippen LogP contribution in [0.15, 0.2) is 48.2 Å². The van der Waals surface area contributed by atoms with Crippen LogP contribution in [-0.2, 0) is 11.2 Å². The largest absolute Gasteiger partial charge is 0.402 e. The number of nitrogens with two attached hydrogens (primary N) is 1. The molecule has 1 fully saturated rings. The molecule has 29 heavy (non-hydrogen) atoms. The highest BCUT2D eigenvalue weighted by atomic mass is 19.1. The summed E-state index contributed by atoms with van der Waals surface area (Å²) in [6.45, 7) is 3.48. The van der Waals surface area contributed by atoms with Crippen molar-refractivity contribution in [2.75, 3.05) is 5.32 Å². The summed E-state index contributed by atoms with van der Waals surface area (Å²) in [6, 6.07) is 12.4. The summed E-state index contributed by atoms with van der Waals surface area (Å²) in [6.07, 6.45) is 3.52. The number of nitrogens with one attached hydrogen (secondary N) is 2. The molecule has 0 radical (unpaired) electrons. The van der Waals surface area contributed by atoms with Crippen molar-refractivity contribution >= 4 is 22.9 Å². The fourth-order valence-corrected chi connectivity index (χ4v) is 4.75. The second-order valence-corrected chi connectivity index (χ2v) is 8.45. The van der Waals surface area contributed by atoms with Gasteiger partial charge in [0, 0.05) is 29.1 Å². The molecule has 4 nitrogen and oxygen atoms in total. The molecule has 2 aromatic rings. The lowest BCUT2D eigenvalue weighted by atomic mass is 9.86. The number of amides is 1. The predicted molar refractivity (Wildman–Crippen MR) is 114 cm³/mol. The number of carbonyl (C=O) groups is 1. The Morgan fingerprint density at radius 1 is 1.21 bits per heavy atom. The lowest BCUT2D eigenvalue weighted by molar-refractivity contribution is -0.116. The fraction of sp³-hybridized carbons (Fsp3) is 0.333. The molecule has 0 bridgehead atoms. The molecule has 5 heteroatoms. The Kier molecular flexibility index (Phi) is 4.77. The number of allylic oxidation sites excluding steroid dienone is 2. The summed E-state index contributed by atoms with van der Waals surface area (Å²) in [5.74, 6) is -0.203. The van der Waals surface area contributed by atoms with Crippen LogP contribution in [0.4, 0.5) is 10.1 Å². The van der Waals surface area contributed by atoms with Gasteiger partial charge in [-0.25, -0.2) is 4.39 Å². The molecule has 2 aromatic carbocycles. The maximum absolute atomic E-state index is 13.8. The Balaban J connectivity index is 1.48. The summed E-state index contributed by atoms with van der Waals surface area (Å²) in [7, 11) is 0. The van der Waals surface area contributed by atoms with E-state index < -0.39 is 0 Å². The van der Waals surface area contributed by atoms with Crippen molar-refractivity contribution in [1.82, 2.24) is 0 Å². The van der Waals surface area contributed by atoms with E-state index in [9.17, 15) is 9.18 Å². The monoisotopic (exact) mass is 391 g/mol. The zero-order valence-electron chi connectivity index (χ0n) is 16.8. The summed E-state index contributed by atoms with van der Waals surface area (Å²) < 4.78 is 13.8. The lowest BCUT2D eigenvalue weighted by Crippen LogP contribution is -2.19.